The lowest BCUT2D eigenvalue weighted by Crippen LogP contribution is -2.49. The highest BCUT2D eigenvalue weighted by Crippen LogP contribution is 2.39. The van der Waals surface area contributed by atoms with Gasteiger partial charge in [-0.3, -0.25) is 0 Å². The van der Waals surface area contributed by atoms with Gasteiger partial charge in [0.25, 0.3) is 0 Å². The molecule has 0 amide bonds. The van der Waals surface area contributed by atoms with E-state index in [1.807, 2.05) is 0 Å². The van der Waals surface area contributed by atoms with E-state index in [2.05, 4.69) is 47.1 Å². The zero-order valence-corrected chi connectivity index (χ0v) is 20.1. The van der Waals surface area contributed by atoms with Crippen LogP contribution >= 0.6 is 0 Å². The molecule has 1 aliphatic carbocycles. The number of piperidine rings is 2. The third-order valence-electron chi connectivity index (χ3n) is 7.55. The second kappa shape index (κ2) is 9.78. The molecule has 2 N–H and O–H groups in total. The molecule has 186 valence electrons. The monoisotopic (exact) mass is 488 g/mol. The average Bonchev–Trinajstić information content (AvgIpc) is 3.64. The standard InChI is InChI=1S/C25H29FN10/c26-20-9-8-19(36-24(16-6-7-16)32-33-34-36)12-21(20)30-25-29-15-18(13-27)23(31-25)28-14-17-4-3-11-35-10-2-1-5-22(17)35/h8-9,12,15-17,22H,1-7,10-11,14H2,(H2,28,29,30,31)/t17-,22+/m0/s1. The quantitative estimate of drug-likeness (QED) is 0.512. The molecule has 2 aromatic heterocycles. The van der Waals surface area contributed by atoms with Crippen LogP contribution < -0.4 is 10.6 Å². The third kappa shape index (κ3) is 4.60. The van der Waals surface area contributed by atoms with E-state index in [-0.39, 0.29) is 11.6 Å². The Morgan fingerprint density at radius 1 is 1.11 bits per heavy atom. The SMILES string of the molecule is N#Cc1cnc(Nc2cc(-n3nnnc3C3CC3)ccc2F)nc1NC[C@@H]1CCCN2CCCC[C@H]12. The van der Waals surface area contributed by atoms with Crippen molar-refractivity contribution < 1.29 is 4.39 Å². The molecule has 0 bridgehead atoms. The molecule has 10 nitrogen and oxygen atoms in total. The Hall–Kier alpha value is -3.65. The van der Waals surface area contributed by atoms with Gasteiger partial charge in [-0.25, -0.2) is 9.37 Å². The first-order valence-electron chi connectivity index (χ1n) is 12.8. The average molecular weight is 489 g/mol. The van der Waals surface area contributed by atoms with Crippen LogP contribution in [0.1, 0.15) is 62.3 Å². The van der Waals surface area contributed by atoms with Crippen LogP contribution in [0.2, 0.25) is 0 Å². The second-order valence-electron chi connectivity index (χ2n) is 9.96. The van der Waals surface area contributed by atoms with Crippen LogP contribution in [0.15, 0.2) is 24.4 Å². The molecule has 3 aliphatic rings. The lowest BCUT2D eigenvalue weighted by Gasteiger charge is -2.44. The van der Waals surface area contributed by atoms with E-state index in [1.165, 1.54) is 57.5 Å². The zero-order chi connectivity index (χ0) is 24.5. The molecular formula is C25H29FN10. The van der Waals surface area contributed by atoms with Gasteiger partial charge in [0.15, 0.2) is 5.82 Å². The summed E-state index contributed by atoms with van der Waals surface area (Å²) in [6.07, 6.45) is 9.74. The van der Waals surface area contributed by atoms with Crippen LogP contribution in [0.3, 0.4) is 0 Å². The number of nitriles is 1. The van der Waals surface area contributed by atoms with Gasteiger partial charge in [-0.15, -0.1) is 5.10 Å². The molecule has 0 unspecified atom stereocenters. The van der Waals surface area contributed by atoms with E-state index in [9.17, 15) is 9.65 Å². The Bertz CT molecular complexity index is 1280. The first-order chi connectivity index (χ1) is 17.7. The van der Waals surface area contributed by atoms with Gasteiger partial charge in [-0.2, -0.15) is 14.9 Å². The number of rotatable bonds is 7. The molecule has 3 fully saturated rings. The maximum absolute atomic E-state index is 14.7. The molecule has 0 spiro atoms. The van der Waals surface area contributed by atoms with Crippen LogP contribution in [0.25, 0.3) is 5.69 Å². The number of anilines is 3. The number of nitrogens with one attached hydrogen (secondary N) is 2. The minimum absolute atomic E-state index is 0.213. The second-order valence-corrected chi connectivity index (χ2v) is 9.96. The summed E-state index contributed by atoms with van der Waals surface area (Å²) in [5.74, 6) is 1.89. The van der Waals surface area contributed by atoms with Crippen molar-refractivity contribution in [1.29, 1.82) is 5.26 Å². The van der Waals surface area contributed by atoms with Crippen LogP contribution in [-0.4, -0.2) is 60.8 Å². The Kier molecular flexibility index (Phi) is 6.19. The van der Waals surface area contributed by atoms with Gasteiger partial charge in [-0.1, -0.05) is 6.42 Å². The number of halogens is 1. The largest absolute Gasteiger partial charge is 0.368 e. The van der Waals surface area contributed by atoms with Crippen molar-refractivity contribution in [3.8, 4) is 11.8 Å². The van der Waals surface area contributed by atoms with E-state index in [4.69, 9.17) is 0 Å². The first kappa shape index (κ1) is 22.8. The van der Waals surface area contributed by atoms with Crippen molar-refractivity contribution in [3.05, 3.63) is 41.6 Å². The van der Waals surface area contributed by atoms with Gasteiger partial charge in [0.2, 0.25) is 5.95 Å². The van der Waals surface area contributed by atoms with E-state index in [0.717, 1.165) is 25.2 Å². The van der Waals surface area contributed by atoms with Gasteiger partial charge in [0.1, 0.15) is 23.3 Å². The number of tetrazole rings is 1. The minimum Gasteiger partial charge on any atom is -0.368 e. The number of nitrogens with zero attached hydrogens (tertiary/aromatic N) is 8. The molecule has 36 heavy (non-hydrogen) atoms. The fourth-order valence-electron chi connectivity index (χ4n) is 5.54. The Balaban J connectivity index is 1.20. The smallest absolute Gasteiger partial charge is 0.229 e. The summed E-state index contributed by atoms with van der Waals surface area (Å²) >= 11 is 0. The Labute approximate surface area is 208 Å². The Morgan fingerprint density at radius 2 is 2.00 bits per heavy atom. The molecule has 3 aromatic rings. The molecule has 11 heteroatoms. The summed E-state index contributed by atoms with van der Waals surface area (Å²) in [5, 5.41) is 28.0. The molecule has 6 rings (SSSR count). The normalized spacial score (nSPS) is 22.0. The summed E-state index contributed by atoms with van der Waals surface area (Å²) < 4.78 is 16.4. The number of aromatic nitrogens is 6. The number of fused-ring (bicyclic) bond motifs is 1. The van der Waals surface area contributed by atoms with Gasteiger partial charge in [-0.05, 0) is 86.2 Å². The topological polar surface area (TPSA) is 120 Å². The summed E-state index contributed by atoms with van der Waals surface area (Å²) in [6.45, 7) is 3.12. The van der Waals surface area contributed by atoms with Gasteiger partial charge < -0.3 is 15.5 Å². The summed E-state index contributed by atoms with van der Waals surface area (Å²) in [6, 6.07) is 7.42. The molecular weight excluding hydrogens is 459 g/mol. The number of benzene rings is 1. The number of hydrogen-bond donors (Lipinski definition) is 2. The van der Waals surface area contributed by atoms with Gasteiger partial charge in [0.05, 0.1) is 17.6 Å². The molecule has 1 aromatic carbocycles. The van der Waals surface area contributed by atoms with Gasteiger partial charge in [0, 0.05) is 18.5 Å². The molecule has 2 saturated heterocycles. The Morgan fingerprint density at radius 3 is 2.86 bits per heavy atom. The lowest BCUT2D eigenvalue weighted by atomic mass is 9.83. The summed E-state index contributed by atoms with van der Waals surface area (Å²) in [5.41, 5.74) is 1.24. The van der Waals surface area contributed by atoms with Crippen LogP contribution in [-0.2, 0) is 0 Å². The molecule has 1 saturated carbocycles. The van der Waals surface area contributed by atoms with Crippen molar-refractivity contribution in [1.82, 2.24) is 35.1 Å². The van der Waals surface area contributed by atoms with Crippen LogP contribution in [0.4, 0.5) is 21.8 Å². The van der Waals surface area contributed by atoms with Crippen molar-refractivity contribution in [3.63, 3.8) is 0 Å². The fourth-order valence-corrected chi connectivity index (χ4v) is 5.54. The van der Waals surface area contributed by atoms with Crippen molar-refractivity contribution in [2.24, 2.45) is 5.92 Å². The van der Waals surface area contributed by atoms with Crippen molar-refractivity contribution >= 4 is 17.5 Å². The van der Waals surface area contributed by atoms with E-state index >= 15 is 0 Å². The maximum Gasteiger partial charge on any atom is 0.229 e. The van der Waals surface area contributed by atoms with Crippen LogP contribution in [0.5, 0.6) is 0 Å². The van der Waals surface area contributed by atoms with E-state index in [1.54, 1.807) is 16.8 Å². The predicted molar refractivity (Wildman–Crippen MR) is 132 cm³/mol. The summed E-state index contributed by atoms with van der Waals surface area (Å²) in [7, 11) is 0. The third-order valence-corrected chi connectivity index (χ3v) is 7.55. The number of hydrogen-bond acceptors (Lipinski definition) is 9. The predicted octanol–water partition coefficient (Wildman–Crippen LogP) is 3.76. The van der Waals surface area contributed by atoms with Crippen molar-refractivity contribution in [2.75, 3.05) is 30.3 Å². The first-order valence-corrected chi connectivity index (χ1v) is 12.8. The van der Waals surface area contributed by atoms with E-state index in [0.29, 0.717) is 34.9 Å². The van der Waals surface area contributed by atoms with Gasteiger partial charge >= 0.3 is 0 Å². The molecule has 4 heterocycles. The molecule has 2 atom stereocenters. The zero-order valence-electron chi connectivity index (χ0n) is 20.1. The van der Waals surface area contributed by atoms with Crippen LogP contribution in [0, 0.1) is 23.1 Å². The minimum atomic E-state index is -0.443. The molecule has 2 aliphatic heterocycles. The molecule has 0 radical (unpaired) electrons. The highest BCUT2D eigenvalue weighted by molar-refractivity contribution is 5.61. The highest BCUT2D eigenvalue weighted by Gasteiger charge is 2.33. The fraction of sp³-hybridized carbons (Fsp3) is 0.520. The maximum atomic E-state index is 14.7. The lowest BCUT2D eigenvalue weighted by molar-refractivity contribution is 0.0649. The van der Waals surface area contributed by atoms with E-state index < -0.39 is 5.82 Å². The summed E-state index contributed by atoms with van der Waals surface area (Å²) in [4.78, 5) is 11.4. The highest BCUT2D eigenvalue weighted by atomic mass is 19.1. The van der Waals surface area contributed by atoms with Crippen molar-refractivity contribution in [2.45, 2.75) is 56.9 Å².